The molecule has 0 bridgehead atoms. The number of ether oxygens (including phenoxy) is 1. The summed E-state index contributed by atoms with van der Waals surface area (Å²) in [6.45, 7) is 0. The zero-order chi connectivity index (χ0) is 12.4. The summed E-state index contributed by atoms with van der Waals surface area (Å²) in [5.74, 6) is 1.48. The monoisotopic (exact) mass is 378 g/mol. The number of methoxy groups -OCH3 is 1. The van der Waals surface area contributed by atoms with Gasteiger partial charge in [-0.25, -0.2) is 0 Å². The maximum absolute atomic E-state index is 6.08. The Morgan fingerprint density at radius 3 is 2.59 bits per heavy atom. The molecule has 1 unspecified atom stereocenters. The third kappa shape index (κ3) is 2.87. The molecule has 0 amide bonds. The van der Waals surface area contributed by atoms with Crippen LogP contribution in [0.1, 0.15) is 16.2 Å². The summed E-state index contributed by atoms with van der Waals surface area (Å²) in [5, 5.41) is 0.583. The molecule has 1 heterocycles. The Balaban J connectivity index is 2.31. The molecule has 0 aliphatic carbocycles. The van der Waals surface area contributed by atoms with Gasteiger partial charge >= 0.3 is 0 Å². The Hall–Kier alpha value is -0.450. The number of hydrogen-bond acceptors (Lipinski definition) is 2. The molecule has 2 aromatic rings. The SMILES string of the molecule is COc1ccc(C(Br)c2ccc(Br)o2)cc1Cl. The average Bonchev–Trinajstić information content (AvgIpc) is 2.75. The van der Waals surface area contributed by atoms with Crippen molar-refractivity contribution in [1.29, 1.82) is 0 Å². The molecule has 0 aliphatic heterocycles. The van der Waals surface area contributed by atoms with E-state index in [9.17, 15) is 0 Å². The topological polar surface area (TPSA) is 22.4 Å². The highest BCUT2D eigenvalue weighted by Crippen LogP contribution is 2.36. The molecule has 1 aromatic carbocycles. The molecule has 5 heteroatoms. The summed E-state index contributed by atoms with van der Waals surface area (Å²) >= 11 is 12.9. The van der Waals surface area contributed by atoms with Crippen LogP contribution in [0.4, 0.5) is 0 Å². The van der Waals surface area contributed by atoms with Crippen molar-refractivity contribution in [2.45, 2.75) is 4.83 Å². The van der Waals surface area contributed by atoms with E-state index in [0.717, 1.165) is 11.3 Å². The quantitative estimate of drug-likeness (QED) is 0.684. The molecule has 0 N–H and O–H groups in total. The van der Waals surface area contributed by atoms with Crippen molar-refractivity contribution in [2.75, 3.05) is 7.11 Å². The second kappa shape index (κ2) is 5.46. The Kier molecular flexibility index (Phi) is 4.17. The van der Waals surface area contributed by atoms with Crippen LogP contribution in [-0.4, -0.2) is 7.11 Å². The number of alkyl halides is 1. The Labute approximate surface area is 121 Å². The highest BCUT2D eigenvalue weighted by Gasteiger charge is 2.15. The van der Waals surface area contributed by atoms with E-state index in [0.29, 0.717) is 15.4 Å². The van der Waals surface area contributed by atoms with Gasteiger partial charge in [-0.3, -0.25) is 0 Å². The molecular formula is C12H9Br2ClO2. The van der Waals surface area contributed by atoms with Crippen LogP contribution >= 0.6 is 43.5 Å². The Morgan fingerprint density at radius 2 is 2.06 bits per heavy atom. The van der Waals surface area contributed by atoms with E-state index in [1.807, 2.05) is 30.3 Å². The van der Waals surface area contributed by atoms with E-state index in [1.165, 1.54) is 0 Å². The molecule has 0 spiro atoms. The van der Waals surface area contributed by atoms with Crippen LogP contribution in [0.2, 0.25) is 5.02 Å². The molecular weight excluding hydrogens is 371 g/mol. The van der Waals surface area contributed by atoms with Crippen LogP contribution in [0, 0.1) is 0 Å². The lowest BCUT2D eigenvalue weighted by Gasteiger charge is -2.09. The zero-order valence-electron chi connectivity index (χ0n) is 8.91. The third-order valence-corrected chi connectivity index (χ3v) is 4.01. The molecule has 1 aromatic heterocycles. The molecule has 1 atom stereocenters. The first-order chi connectivity index (χ1) is 8.11. The van der Waals surface area contributed by atoms with Crippen LogP contribution in [0.3, 0.4) is 0 Å². The van der Waals surface area contributed by atoms with Gasteiger partial charge in [0.05, 0.1) is 17.0 Å². The normalized spacial score (nSPS) is 12.5. The molecule has 0 radical (unpaired) electrons. The number of rotatable bonds is 3. The van der Waals surface area contributed by atoms with Gasteiger partial charge in [0, 0.05) is 0 Å². The van der Waals surface area contributed by atoms with Crippen molar-refractivity contribution in [3.05, 3.63) is 51.3 Å². The van der Waals surface area contributed by atoms with Crippen LogP contribution in [0.25, 0.3) is 0 Å². The van der Waals surface area contributed by atoms with Crippen LogP contribution in [0.15, 0.2) is 39.4 Å². The first-order valence-electron chi connectivity index (χ1n) is 4.84. The lowest BCUT2D eigenvalue weighted by atomic mass is 10.1. The largest absolute Gasteiger partial charge is 0.495 e. The summed E-state index contributed by atoms with van der Waals surface area (Å²) < 4.78 is 11.3. The highest BCUT2D eigenvalue weighted by molar-refractivity contribution is 9.10. The summed E-state index contributed by atoms with van der Waals surface area (Å²) in [4.78, 5) is -0.0304. The summed E-state index contributed by atoms with van der Waals surface area (Å²) in [7, 11) is 1.59. The predicted octanol–water partition coefficient (Wildman–Crippen LogP) is 5.19. The minimum atomic E-state index is -0.0304. The fourth-order valence-corrected chi connectivity index (χ4v) is 2.59. The van der Waals surface area contributed by atoms with Crippen LogP contribution in [-0.2, 0) is 0 Å². The molecule has 0 saturated heterocycles. The Bertz CT molecular complexity index is 525. The van der Waals surface area contributed by atoms with E-state index >= 15 is 0 Å². The van der Waals surface area contributed by atoms with Crippen molar-refractivity contribution in [2.24, 2.45) is 0 Å². The molecule has 0 aliphatic rings. The van der Waals surface area contributed by atoms with E-state index < -0.39 is 0 Å². The highest BCUT2D eigenvalue weighted by atomic mass is 79.9. The fraction of sp³-hybridized carbons (Fsp3) is 0.167. The second-order valence-electron chi connectivity index (χ2n) is 3.40. The van der Waals surface area contributed by atoms with E-state index in [4.69, 9.17) is 20.8 Å². The van der Waals surface area contributed by atoms with Crippen molar-refractivity contribution >= 4 is 43.5 Å². The maximum Gasteiger partial charge on any atom is 0.169 e. The number of furan rings is 1. The van der Waals surface area contributed by atoms with Gasteiger partial charge in [0.2, 0.25) is 0 Å². The first kappa shape index (κ1) is 13.0. The van der Waals surface area contributed by atoms with Crippen LogP contribution in [0.5, 0.6) is 5.75 Å². The van der Waals surface area contributed by atoms with Crippen molar-refractivity contribution in [1.82, 2.24) is 0 Å². The standard InChI is InChI=1S/C12H9Br2ClO2/c1-16-9-3-2-7(6-8(9)15)12(14)10-4-5-11(13)17-10/h2-6,12H,1H3. The minimum Gasteiger partial charge on any atom is -0.495 e. The fourth-order valence-electron chi connectivity index (χ4n) is 1.47. The van der Waals surface area contributed by atoms with Gasteiger partial charge in [0.1, 0.15) is 11.5 Å². The maximum atomic E-state index is 6.08. The van der Waals surface area contributed by atoms with Crippen molar-refractivity contribution in [3.8, 4) is 5.75 Å². The number of halogens is 3. The average molecular weight is 380 g/mol. The molecule has 0 fully saturated rings. The lowest BCUT2D eigenvalue weighted by Crippen LogP contribution is -1.92. The van der Waals surface area contributed by atoms with E-state index in [-0.39, 0.29) is 4.83 Å². The van der Waals surface area contributed by atoms with Gasteiger partial charge in [-0.1, -0.05) is 33.6 Å². The van der Waals surface area contributed by atoms with Crippen molar-refractivity contribution in [3.63, 3.8) is 0 Å². The summed E-state index contributed by atoms with van der Waals surface area (Å²) in [6, 6.07) is 9.40. The van der Waals surface area contributed by atoms with Gasteiger partial charge in [0.15, 0.2) is 4.67 Å². The molecule has 90 valence electrons. The number of hydrogen-bond donors (Lipinski definition) is 0. The first-order valence-corrected chi connectivity index (χ1v) is 6.93. The second-order valence-corrected chi connectivity index (χ2v) is 5.50. The smallest absolute Gasteiger partial charge is 0.169 e. The molecule has 2 rings (SSSR count). The minimum absolute atomic E-state index is 0.0304. The van der Waals surface area contributed by atoms with E-state index in [2.05, 4.69) is 31.9 Å². The third-order valence-electron chi connectivity index (χ3n) is 2.31. The van der Waals surface area contributed by atoms with Crippen molar-refractivity contribution < 1.29 is 9.15 Å². The lowest BCUT2D eigenvalue weighted by molar-refractivity contribution is 0.415. The molecule has 0 saturated carbocycles. The predicted molar refractivity (Wildman–Crippen MR) is 75.2 cm³/mol. The van der Waals surface area contributed by atoms with E-state index in [1.54, 1.807) is 7.11 Å². The van der Waals surface area contributed by atoms with Gasteiger partial charge in [-0.15, -0.1) is 0 Å². The van der Waals surface area contributed by atoms with Gasteiger partial charge in [-0.05, 0) is 45.8 Å². The Morgan fingerprint density at radius 1 is 1.29 bits per heavy atom. The van der Waals surface area contributed by atoms with Crippen LogP contribution < -0.4 is 4.74 Å². The van der Waals surface area contributed by atoms with Gasteiger partial charge < -0.3 is 9.15 Å². The number of benzene rings is 1. The van der Waals surface area contributed by atoms with Gasteiger partial charge in [-0.2, -0.15) is 0 Å². The zero-order valence-corrected chi connectivity index (χ0v) is 12.8. The molecule has 2 nitrogen and oxygen atoms in total. The van der Waals surface area contributed by atoms with Gasteiger partial charge in [0.25, 0.3) is 0 Å². The summed E-state index contributed by atoms with van der Waals surface area (Å²) in [6.07, 6.45) is 0. The molecule has 17 heavy (non-hydrogen) atoms. The summed E-state index contributed by atoms with van der Waals surface area (Å²) in [5.41, 5.74) is 1.01.